The topological polar surface area (TPSA) is 52.8 Å². The first kappa shape index (κ1) is 16.3. The van der Waals surface area contributed by atoms with Gasteiger partial charge in [-0.15, -0.1) is 0 Å². The van der Waals surface area contributed by atoms with Gasteiger partial charge < -0.3 is 0 Å². The zero-order valence-electron chi connectivity index (χ0n) is 12.5. The third kappa shape index (κ3) is 3.59. The van der Waals surface area contributed by atoms with Crippen molar-refractivity contribution in [3.63, 3.8) is 0 Å². The van der Waals surface area contributed by atoms with Crippen molar-refractivity contribution in [2.75, 3.05) is 10.6 Å². The normalized spacial score (nSPS) is 10.7. The van der Waals surface area contributed by atoms with E-state index in [1.807, 2.05) is 48.7 Å². The Labute approximate surface area is 139 Å². The smallest absolute Gasteiger partial charge is 0.224 e. The lowest BCUT2D eigenvalue weighted by atomic mass is 10.0. The fraction of sp³-hybridized carbons (Fsp3) is 0.188. The number of nitrogens with zero attached hydrogens (tertiary/aromatic N) is 4. The van der Waals surface area contributed by atoms with Gasteiger partial charge in [0, 0.05) is 24.6 Å². The van der Waals surface area contributed by atoms with E-state index in [2.05, 4.69) is 9.97 Å². The molecule has 0 fully saturated rings. The molecule has 6 heteroatoms. The summed E-state index contributed by atoms with van der Waals surface area (Å²) in [6, 6.07) is 7.92. The highest BCUT2D eigenvalue weighted by Gasteiger charge is 2.16. The molecular formula is C16H15ClN4S. The molecule has 0 aliphatic carbocycles. The molecule has 0 radical (unpaired) electrons. The van der Waals surface area contributed by atoms with Crippen LogP contribution >= 0.6 is 23.5 Å². The fourth-order valence-electron chi connectivity index (χ4n) is 2.28. The van der Waals surface area contributed by atoms with Crippen molar-refractivity contribution in [1.29, 1.82) is 5.26 Å². The maximum atomic E-state index is 8.65. The van der Waals surface area contributed by atoms with Crippen LogP contribution in [0.25, 0.3) is 6.08 Å². The van der Waals surface area contributed by atoms with Crippen molar-refractivity contribution < 1.29 is 0 Å². The zero-order valence-corrected chi connectivity index (χ0v) is 14.1. The average molecular weight is 331 g/mol. The third-order valence-electron chi connectivity index (χ3n) is 3.07. The molecule has 0 spiro atoms. The Hall–Kier alpha value is -2.03. The molecule has 0 saturated heterocycles. The van der Waals surface area contributed by atoms with E-state index in [4.69, 9.17) is 16.9 Å². The number of aromatic nitrogens is 2. The van der Waals surface area contributed by atoms with Crippen molar-refractivity contribution in [3.8, 4) is 6.07 Å². The molecule has 0 N–H and O–H groups in total. The summed E-state index contributed by atoms with van der Waals surface area (Å²) in [5, 5.41) is 8.87. The van der Waals surface area contributed by atoms with Crippen molar-refractivity contribution >= 4 is 41.1 Å². The van der Waals surface area contributed by atoms with Crippen molar-refractivity contribution in [2.45, 2.75) is 13.8 Å². The van der Waals surface area contributed by atoms with Gasteiger partial charge in [0.25, 0.3) is 0 Å². The Balaban J connectivity index is 2.50. The second-order valence-electron chi connectivity index (χ2n) is 4.63. The first-order chi connectivity index (χ1) is 10.6. The number of hydrogen-bond acceptors (Lipinski definition) is 5. The van der Waals surface area contributed by atoms with Crippen LogP contribution < -0.4 is 4.31 Å². The molecule has 112 valence electrons. The van der Waals surface area contributed by atoms with Gasteiger partial charge in [0.15, 0.2) is 0 Å². The Morgan fingerprint density at radius 1 is 1.32 bits per heavy atom. The minimum absolute atomic E-state index is 0.223. The Morgan fingerprint density at radius 3 is 2.55 bits per heavy atom. The summed E-state index contributed by atoms with van der Waals surface area (Å²) in [5.41, 5.74) is 4.27. The van der Waals surface area contributed by atoms with Gasteiger partial charge >= 0.3 is 0 Å². The van der Waals surface area contributed by atoms with E-state index in [0.717, 1.165) is 28.2 Å². The summed E-state index contributed by atoms with van der Waals surface area (Å²) in [6.45, 7) is 4.08. The molecule has 22 heavy (non-hydrogen) atoms. The SMILES string of the molecule is CSN(c1ccnc(Cl)n1)c1c(C)cc(/C=C/C#N)cc1C. The molecule has 2 aromatic rings. The molecule has 0 atom stereocenters. The summed E-state index contributed by atoms with van der Waals surface area (Å²) >= 11 is 7.45. The molecule has 0 aliphatic heterocycles. The highest BCUT2D eigenvalue weighted by molar-refractivity contribution is 8.00. The molecule has 2 rings (SSSR count). The number of rotatable bonds is 4. The second kappa shape index (κ2) is 7.30. The lowest BCUT2D eigenvalue weighted by molar-refractivity contribution is 1.14. The van der Waals surface area contributed by atoms with Crippen LogP contribution in [0.4, 0.5) is 11.5 Å². The van der Waals surface area contributed by atoms with E-state index in [1.165, 1.54) is 6.08 Å². The van der Waals surface area contributed by atoms with Crippen LogP contribution in [0.5, 0.6) is 0 Å². The number of anilines is 2. The number of allylic oxidation sites excluding steroid dienone is 1. The van der Waals surface area contributed by atoms with E-state index in [0.29, 0.717) is 0 Å². The van der Waals surface area contributed by atoms with Crippen LogP contribution in [0.3, 0.4) is 0 Å². The van der Waals surface area contributed by atoms with Gasteiger partial charge in [-0.1, -0.05) is 0 Å². The predicted octanol–water partition coefficient (Wildman–Crippen LogP) is 4.70. The van der Waals surface area contributed by atoms with Crippen LogP contribution in [0, 0.1) is 25.2 Å². The van der Waals surface area contributed by atoms with Gasteiger partial charge in [0.2, 0.25) is 5.28 Å². The van der Waals surface area contributed by atoms with Gasteiger partial charge in [-0.05, 0) is 72.3 Å². The summed E-state index contributed by atoms with van der Waals surface area (Å²) in [7, 11) is 0. The van der Waals surface area contributed by atoms with Gasteiger partial charge in [-0.3, -0.25) is 4.31 Å². The monoisotopic (exact) mass is 330 g/mol. The van der Waals surface area contributed by atoms with E-state index in [9.17, 15) is 0 Å². The molecule has 4 nitrogen and oxygen atoms in total. The quantitative estimate of drug-likeness (QED) is 0.462. The molecule has 0 unspecified atom stereocenters. The van der Waals surface area contributed by atoms with Crippen molar-refractivity contribution in [2.24, 2.45) is 0 Å². The molecule has 0 amide bonds. The lowest BCUT2D eigenvalue weighted by Gasteiger charge is -2.24. The number of benzene rings is 1. The number of nitriles is 1. The van der Waals surface area contributed by atoms with Crippen LogP contribution in [0.2, 0.25) is 5.28 Å². The minimum atomic E-state index is 0.223. The number of hydrogen-bond donors (Lipinski definition) is 0. The van der Waals surface area contributed by atoms with Gasteiger partial charge in [-0.25, -0.2) is 4.98 Å². The molecule has 0 saturated carbocycles. The molecule has 0 bridgehead atoms. The predicted molar refractivity (Wildman–Crippen MR) is 93.3 cm³/mol. The van der Waals surface area contributed by atoms with Crippen LogP contribution in [-0.4, -0.2) is 16.2 Å². The van der Waals surface area contributed by atoms with Crippen LogP contribution in [0.1, 0.15) is 16.7 Å². The number of halogens is 1. The molecular weight excluding hydrogens is 316 g/mol. The first-order valence-corrected chi connectivity index (χ1v) is 8.13. The molecule has 1 aromatic carbocycles. The van der Waals surface area contributed by atoms with Crippen LogP contribution in [0.15, 0.2) is 30.5 Å². The van der Waals surface area contributed by atoms with Gasteiger partial charge in [0.05, 0.1) is 11.8 Å². The summed E-state index contributed by atoms with van der Waals surface area (Å²) in [4.78, 5) is 8.20. The Kier molecular flexibility index (Phi) is 5.42. The highest BCUT2D eigenvalue weighted by Crippen LogP contribution is 2.36. The van der Waals surface area contributed by atoms with Gasteiger partial charge in [-0.2, -0.15) is 10.2 Å². The maximum absolute atomic E-state index is 8.65. The van der Waals surface area contributed by atoms with Crippen molar-refractivity contribution in [3.05, 3.63) is 52.4 Å². The number of aryl methyl sites for hydroxylation is 2. The van der Waals surface area contributed by atoms with E-state index >= 15 is 0 Å². The van der Waals surface area contributed by atoms with Crippen molar-refractivity contribution in [1.82, 2.24) is 9.97 Å². The molecule has 1 aromatic heterocycles. The standard InChI is InChI=1S/C16H15ClN4S/c1-11-9-13(5-4-7-18)10-12(2)15(11)21(22-3)14-6-8-19-16(17)20-14/h4-6,8-10H,1-3H3/b5-4+. The first-order valence-electron chi connectivity index (χ1n) is 6.57. The van der Waals surface area contributed by atoms with Gasteiger partial charge in [0.1, 0.15) is 5.82 Å². The average Bonchev–Trinajstić information content (AvgIpc) is 2.48. The largest absolute Gasteiger partial charge is 0.268 e. The van der Waals surface area contributed by atoms with E-state index in [1.54, 1.807) is 24.2 Å². The lowest BCUT2D eigenvalue weighted by Crippen LogP contribution is -2.11. The zero-order chi connectivity index (χ0) is 16.1. The fourth-order valence-corrected chi connectivity index (χ4v) is 3.18. The molecule has 0 aliphatic rings. The Morgan fingerprint density at radius 2 is 2.00 bits per heavy atom. The molecule has 1 heterocycles. The van der Waals surface area contributed by atoms with E-state index < -0.39 is 0 Å². The third-order valence-corrected chi connectivity index (χ3v) is 3.99. The highest BCUT2D eigenvalue weighted by atomic mass is 35.5. The summed E-state index contributed by atoms with van der Waals surface area (Å²) in [5.74, 6) is 0.735. The Bertz CT molecular complexity index is 729. The second-order valence-corrected chi connectivity index (χ2v) is 5.69. The summed E-state index contributed by atoms with van der Waals surface area (Å²) < 4.78 is 2.02. The van der Waals surface area contributed by atoms with Crippen LogP contribution in [-0.2, 0) is 0 Å². The summed E-state index contributed by atoms with van der Waals surface area (Å²) in [6.07, 6.45) is 6.90. The van der Waals surface area contributed by atoms with E-state index in [-0.39, 0.29) is 5.28 Å². The maximum Gasteiger partial charge on any atom is 0.224 e. The minimum Gasteiger partial charge on any atom is -0.268 e.